The van der Waals surface area contributed by atoms with E-state index >= 15 is 0 Å². The van der Waals surface area contributed by atoms with Crippen LogP contribution >= 0.6 is 11.8 Å². The minimum Gasteiger partial charge on any atom is -0.481 e. The molecule has 1 fully saturated rings. The van der Waals surface area contributed by atoms with E-state index in [1.807, 2.05) is 11.8 Å². The molecule has 0 aromatic rings. The molecule has 0 radical (unpaired) electrons. The van der Waals surface area contributed by atoms with Gasteiger partial charge in [-0.05, 0) is 43.6 Å². The SMILES string of the molecule is CSCCCCNC(=O)N1CCCC(CC(=O)O)C1. The molecule has 19 heavy (non-hydrogen) atoms. The molecular formula is C13H24N2O3S. The van der Waals surface area contributed by atoms with E-state index in [1.165, 1.54) is 0 Å². The lowest BCUT2D eigenvalue weighted by atomic mass is 9.95. The lowest BCUT2D eigenvalue weighted by molar-refractivity contribution is -0.138. The van der Waals surface area contributed by atoms with Gasteiger partial charge in [0.25, 0.3) is 0 Å². The van der Waals surface area contributed by atoms with Gasteiger partial charge in [0.2, 0.25) is 0 Å². The predicted octanol–water partition coefficient (Wildman–Crippen LogP) is 2.03. The quantitative estimate of drug-likeness (QED) is 0.703. The molecule has 1 atom stereocenters. The lowest BCUT2D eigenvalue weighted by Gasteiger charge is -2.32. The zero-order chi connectivity index (χ0) is 14.1. The van der Waals surface area contributed by atoms with Crippen LogP contribution in [0.15, 0.2) is 0 Å². The fraction of sp³-hybridized carbons (Fsp3) is 0.846. The highest BCUT2D eigenvalue weighted by Gasteiger charge is 2.24. The Morgan fingerprint density at radius 2 is 2.21 bits per heavy atom. The number of aliphatic carboxylic acids is 1. The molecule has 6 heteroatoms. The van der Waals surface area contributed by atoms with Gasteiger partial charge >= 0.3 is 12.0 Å². The van der Waals surface area contributed by atoms with E-state index in [0.29, 0.717) is 13.1 Å². The Morgan fingerprint density at radius 3 is 2.89 bits per heavy atom. The van der Waals surface area contributed by atoms with Gasteiger partial charge in [0.05, 0.1) is 0 Å². The second-order valence-electron chi connectivity index (χ2n) is 4.98. The van der Waals surface area contributed by atoms with Gasteiger partial charge < -0.3 is 15.3 Å². The molecule has 0 spiro atoms. The number of hydrogen-bond acceptors (Lipinski definition) is 3. The first-order valence-corrected chi connectivity index (χ1v) is 8.26. The van der Waals surface area contributed by atoms with Crippen molar-refractivity contribution in [1.29, 1.82) is 0 Å². The van der Waals surface area contributed by atoms with Gasteiger partial charge in [-0.2, -0.15) is 11.8 Å². The summed E-state index contributed by atoms with van der Waals surface area (Å²) in [7, 11) is 0. The van der Waals surface area contributed by atoms with Gasteiger partial charge in [0.15, 0.2) is 0 Å². The molecule has 2 amide bonds. The van der Waals surface area contributed by atoms with E-state index in [-0.39, 0.29) is 18.4 Å². The number of nitrogens with zero attached hydrogens (tertiary/aromatic N) is 1. The average Bonchev–Trinajstić information content (AvgIpc) is 2.38. The van der Waals surface area contributed by atoms with Crippen molar-refractivity contribution in [3.63, 3.8) is 0 Å². The second-order valence-corrected chi connectivity index (χ2v) is 5.97. The Labute approximate surface area is 119 Å². The van der Waals surface area contributed by atoms with Crippen LogP contribution in [0.25, 0.3) is 0 Å². The number of nitrogens with one attached hydrogen (secondary N) is 1. The summed E-state index contributed by atoms with van der Waals surface area (Å²) in [6, 6.07) is -0.0424. The number of carbonyl (C=O) groups is 2. The topological polar surface area (TPSA) is 69.6 Å². The van der Waals surface area contributed by atoms with E-state index in [4.69, 9.17) is 5.11 Å². The van der Waals surface area contributed by atoms with E-state index in [1.54, 1.807) is 4.90 Å². The maximum Gasteiger partial charge on any atom is 0.317 e. The summed E-state index contributed by atoms with van der Waals surface area (Å²) >= 11 is 1.82. The number of carboxylic acids is 1. The number of carboxylic acid groups (broad SMARTS) is 1. The molecule has 1 rings (SSSR count). The minimum atomic E-state index is -0.774. The smallest absolute Gasteiger partial charge is 0.317 e. The van der Waals surface area contributed by atoms with Crippen LogP contribution < -0.4 is 5.32 Å². The molecule has 1 saturated heterocycles. The van der Waals surface area contributed by atoms with Crippen molar-refractivity contribution in [3.8, 4) is 0 Å². The van der Waals surface area contributed by atoms with Crippen LogP contribution in [0, 0.1) is 5.92 Å². The van der Waals surface area contributed by atoms with Crippen molar-refractivity contribution < 1.29 is 14.7 Å². The fourth-order valence-electron chi connectivity index (χ4n) is 2.34. The fourth-order valence-corrected chi connectivity index (χ4v) is 2.83. The van der Waals surface area contributed by atoms with Crippen LogP contribution in [-0.4, -0.2) is 53.6 Å². The monoisotopic (exact) mass is 288 g/mol. The molecule has 110 valence electrons. The Balaban J connectivity index is 2.22. The highest BCUT2D eigenvalue weighted by molar-refractivity contribution is 7.98. The van der Waals surface area contributed by atoms with Crippen LogP contribution in [0.5, 0.6) is 0 Å². The van der Waals surface area contributed by atoms with Crippen LogP contribution in [0.1, 0.15) is 32.1 Å². The summed E-state index contributed by atoms with van der Waals surface area (Å²) in [5.41, 5.74) is 0. The highest BCUT2D eigenvalue weighted by Crippen LogP contribution is 2.19. The summed E-state index contributed by atoms with van der Waals surface area (Å²) in [5.74, 6) is 0.457. The standard InChI is InChI=1S/C13H24N2O3S/c1-19-8-3-2-6-14-13(18)15-7-4-5-11(10-15)9-12(16)17/h11H,2-10H2,1H3,(H,14,18)(H,16,17). The summed E-state index contributed by atoms with van der Waals surface area (Å²) in [4.78, 5) is 24.4. The van der Waals surface area contributed by atoms with E-state index in [0.717, 1.165) is 38.0 Å². The lowest BCUT2D eigenvalue weighted by Crippen LogP contribution is -2.46. The maximum absolute atomic E-state index is 11.9. The van der Waals surface area contributed by atoms with Gasteiger partial charge in [-0.25, -0.2) is 4.79 Å². The average molecular weight is 288 g/mol. The van der Waals surface area contributed by atoms with Gasteiger partial charge in [0, 0.05) is 26.1 Å². The summed E-state index contributed by atoms with van der Waals surface area (Å²) < 4.78 is 0. The van der Waals surface area contributed by atoms with Crippen molar-refractivity contribution >= 4 is 23.8 Å². The van der Waals surface area contributed by atoms with Gasteiger partial charge in [0.1, 0.15) is 0 Å². The first kappa shape index (κ1) is 16.1. The van der Waals surface area contributed by atoms with Crippen molar-refractivity contribution in [1.82, 2.24) is 10.2 Å². The van der Waals surface area contributed by atoms with Gasteiger partial charge in [-0.3, -0.25) is 4.79 Å². The maximum atomic E-state index is 11.9. The molecular weight excluding hydrogens is 264 g/mol. The summed E-state index contributed by atoms with van der Waals surface area (Å²) in [6.07, 6.45) is 6.16. The highest BCUT2D eigenvalue weighted by atomic mass is 32.2. The van der Waals surface area contributed by atoms with Crippen LogP contribution in [0.4, 0.5) is 4.79 Å². The number of likely N-dealkylation sites (tertiary alicyclic amines) is 1. The number of piperidine rings is 1. The molecule has 0 aliphatic carbocycles. The van der Waals surface area contributed by atoms with Gasteiger partial charge in [-0.15, -0.1) is 0 Å². The number of thioether (sulfide) groups is 1. The van der Waals surface area contributed by atoms with E-state index < -0.39 is 5.97 Å². The molecule has 0 aromatic heterocycles. The molecule has 0 saturated carbocycles. The molecule has 0 aromatic carbocycles. The number of hydrogen-bond donors (Lipinski definition) is 2. The molecule has 2 N–H and O–H groups in total. The Hall–Kier alpha value is -0.910. The third-order valence-electron chi connectivity index (χ3n) is 3.32. The summed E-state index contributed by atoms with van der Waals surface area (Å²) in [5, 5.41) is 11.7. The Bertz CT molecular complexity index is 300. The molecule has 5 nitrogen and oxygen atoms in total. The zero-order valence-electron chi connectivity index (χ0n) is 11.6. The van der Waals surface area contributed by atoms with Crippen molar-refractivity contribution in [2.75, 3.05) is 31.6 Å². The molecule has 1 aliphatic heterocycles. The zero-order valence-corrected chi connectivity index (χ0v) is 12.4. The van der Waals surface area contributed by atoms with Crippen molar-refractivity contribution in [3.05, 3.63) is 0 Å². The van der Waals surface area contributed by atoms with Crippen LogP contribution in [-0.2, 0) is 4.79 Å². The van der Waals surface area contributed by atoms with E-state index in [2.05, 4.69) is 11.6 Å². The first-order valence-electron chi connectivity index (χ1n) is 6.87. The normalized spacial score (nSPS) is 19.2. The van der Waals surface area contributed by atoms with E-state index in [9.17, 15) is 9.59 Å². The largest absolute Gasteiger partial charge is 0.481 e. The Morgan fingerprint density at radius 1 is 1.42 bits per heavy atom. The predicted molar refractivity (Wildman–Crippen MR) is 77.6 cm³/mol. The Kier molecular flexibility index (Phi) is 7.70. The molecule has 1 heterocycles. The van der Waals surface area contributed by atoms with Crippen molar-refractivity contribution in [2.45, 2.75) is 32.1 Å². The molecule has 1 aliphatic rings. The molecule has 1 unspecified atom stereocenters. The number of unbranched alkanes of at least 4 members (excludes halogenated alkanes) is 1. The third-order valence-corrected chi connectivity index (χ3v) is 4.02. The first-order chi connectivity index (χ1) is 9.13. The minimum absolute atomic E-state index is 0.0424. The van der Waals surface area contributed by atoms with Crippen LogP contribution in [0.2, 0.25) is 0 Å². The number of rotatable bonds is 7. The van der Waals surface area contributed by atoms with Crippen molar-refractivity contribution in [2.24, 2.45) is 5.92 Å². The number of amides is 2. The number of urea groups is 1. The number of carbonyl (C=O) groups excluding carboxylic acids is 1. The third kappa shape index (κ3) is 6.71. The molecule has 0 bridgehead atoms. The van der Waals surface area contributed by atoms with Crippen LogP contribution in [0.3, 0.4) is 0 Å². The second kappa shape index (κ2) is 9.07. The summed E-state index contributed by atoms with van der Waals surface area (Å²) in [6.45, 7) is 2.02. The van der Waals surface area contributed by atoms with Gasteiger partial charge in [-0.1, -0.05) is 0 Å².